The normalized spacial score (nSPS) is 22.1. The van der Waals surface area contributed by atoms with Gasteiger partial charge in [-0.05, 0) is 36.4 Å². The van der Waals surface area contributed by atoms with Gasteiger partial charge in [0, 0.05) is 7.11 Å². The van der Waals surface area contributed by atoms with Gasteiger partial charge >= 0.3 is 17.9 Å². The number of hydrogen-bond donors (Lipinski definition) is 0. The van der Waals surface area contributed by atoms with Gasteiger partial charge in [-0.1, -0.05) is 60.7 Å². The Bertz CT molecular complexity index is 1260. The summed E-state index contributed by atoms with van der Waals surface area (Å²) in [4.78, 5) is 38.8. The quantitative estimate of drug-likeness (QED) is 0.198. The molecule has 0 aromatic heterocycles. The van der Waals surface area contributed by atoms with Crippen molar-refractivity contribution in [2.75, 3.05) is 20.3 Å². The summed E-state index contributed by atoms with van der Waals surface area (Å²) in [5.41, 5.74) is 0.932. The van der Waals surface area contributed by atoms with Crippen LogP contribution in [0.25, 0.3) is 0 Å². The lowest BCUT2D eigenvalue weighted by molar-refractivity contribution is -0.298. The Hall–Kier alpha value is -4.31. The predicted octanol–water partition coefficient (Wildman–Crippen LogP) is 4.24. The lowest BCUT2D eigenvalue weighted by Crippen LogP contribution is -2.62. The number of rotatable bonds is 11. The molecule has 0 unspecified atom stereocenters. The summed E-state index contributed by atoms with van der Waals surface area (Å²) in [6, 6.07) is 25.2. The molecule has 0 saturated carbocycles. The lowest BCUT2D eigenvalue weighted by Gasteiger charge is -2.44. The van der Waals surface area contributed by atoms with E-state index in [2.05, 4.69) is 6.58 Å². The Kier molecular flexibility index (Phi) is 10.2. The highest BCUT2D eigenvalue weighted by Crippen LogP contribution is 2.30. The highest BCUT2D eigenvalue weighted by Gasteiger charge is 2.51. The zero-order valence-electron chi connectivity index (χ0n) is 21.9. The van der Waals surface area contributed by atoms with Gasteiger partial charge in [0.05, 0.1) is 23.3 Å². The van der Waals surface area contributed by atoms with E-state index < -0.39 is 48.6 Å². The number of methoxy groups -OCH3 is 1. The molecular formula is C31H30O9. The van der Waals surface area contributed by atoms with Gasteiger partial charge in [0.1, 0.15) is 18.8 Å². The third-order valence-corrected chi connectivity index (χ3v) is 6.12. The molecule has 0 bridgehead atoms. The first kappa shape index (κ1) is 28.7. The topological polar surface area (TPSA) is 107 Å². The SMILES string of the molecule is C=CCO[C@H]1[C@@H](OC(=O)c2ccccc2)[C@@H](COC(=O)c2ccccc2)O[C@H](OC)[C@@H]1OC(=O)c1ccccc1. The largest absolute Gasteiger partial charge is 0.459 e. The van der Waals surface area contributed by atoms with Gasteiger partial charge in [0.15, 0.2) is 18.5 Å². The van der Waals surface area contributed by atoms with E-state index in [-0.39, 0.29) is 18.8 Å². The minimum Gasteiger partial charge on any atom is -0.459 e. The van der Waals surface area contributed by atoms with Crippen molar-refractivity contribution in [3.63, 3.8) is 0 Å². The van der Waals surface area contributed by atoms with Crippen LogP contribution in [0.4, 0.5) is 0 Å². The molecule has 1 saturated heterocycles. The van der Waals surface area contributed by atoms with Crippen molar-refractivity contribution in [1.29, 1.82) is 0 Å². The van der Waals surface area contributed by atoms with E-state index in [0.717, 1.165) is 0 Å². The van der Waals surface area contributed by atoms with Gasteiger partial charge < -0.3 is 28.4 Å². The maximum Gasteiger partial charge on any atom is 0.338 e. The maximum absolute atomic E-state index is 13.1. The van der Waals surface area contributed by atoms with Crippen molar-refractivity contribution in [2.45, 2.75) is 30.7 Å². The predicted molar refractivity (Wildman–Crippen MR) is 144 cm³/mol. The van der Waals surface area contributed by atoms with E-state index in [1.54, 1.807) is 91.0 Å². The number of benzene rings is 3. The second-order valence-electron chi connectivity index (χ2n) is 8.80. The van der Waals surface area contributed by atoms with Crippen molar-refractivity contribution in [2.24, 2.45) is 0 Å². The standard InChI is InChI=1S/C31H30O9/c1-3-19-36-26-25(39-29(33)22-15-9-5-10-16-22)24(20-37-28(32)21-13-7-4-8-14-21)38-31(35-2)27(26)40-30(34)23-17-11-6-12-18-23/h3-18,24-27,31H,1,19-20H2,2H3/t24-,25+,26+,27-,31+/m1/s1. The molecule has 40 heavy (non-hydrogen) atoms. The number of ether oxygens (including phenoxy) is 6. The Morgan fingerprint density at radius 2 is 1.20 bits per heavy atom. The van der Waals surface area contributed by atoms with Crippen molar-refractivity contribution < 1.29 is 42.8 Å². The molecule has 208 valence electrons. The smallest absolute Gasteiger partial charge is 0.338 e. The highest BCUT2D eigenvalue weighted by atomic mass is 16.7. The zero-order valence-corrected chi connectivity index (χ0v) is 21.9. The molecule has 0 aliphatic carbocycles. The summed E-state index contributed by atoms with van der Waals surface area (Å²) in [5.74, 6) is -1.90. The Balaban J connectivity index is 1.63. The van der Waals surface area contributed by atoms with Crippen LogP contribution in [-0.4, -0.2) is 68.9 Å². The second-order valence-corrected chi connectivity index (χ2v) is 8.80. The summed E-state index contributed by atoms with van der Waals surface area (Å²) in [5, 5.41) is 0. The number of carbonyl (C=O) groups excluding carboxylic acids is 3. The average Bonchev–Trinajstić information content (AvgIpc) is 3.01. The van der Waals surface area contributed by atoms with Gasteiger partial charge in [-0.15, -0.1) is 6.58 Å². The van der Waals surface area contributed by atoms with Crippen LogP contribution in [0, 0.1) is 0 Å². The van der Waals surface area contributed by atoms with E-state index in [1.807, 2.05) is 0 Å². The second kappa shape index (κ2) is 14.2. The fraction of sp³-hybridized carbons (Fsp3) is 0.258. The Morgan fingerprint density at radius 3 is 1.68 bits per heavy atom. The Labute approximate surface area is 232 Å². The van der Waals surface area contributed by atoms with E-state index in [0.29, 0.717) is 11.1 Å². The molecule has 9 nitrogen and oxygen atoms in total. The van der Waals surface area contributed by atoms with Crippen LogP contribution in [0.3, 0.4) is 0 Å². The maximum atomic E-state index is 13.1. The first-order chi connectivity index (χ1) is 19.5. The van der Waals surface area contributed by atoms with Crippen LogP contribution in [0.1, 0.15) is 31.1 Å². The summed E-state index contributed by atoms with van der Waals surface area (Å²) in [6.45, 7) is 3.43. The van der Waals surface area contributed by atoms with Gasteiger partial charge in [-0.3, -0.25) is 0 Å². The third-order valence-electron chi connectivity index (χ3n) is 6.12. The molecule has 3 aromatic rings. The molecule has 4 rings (SSSR count). The average molecular weight is 547 g/mol. The van der Waals surface area contributed by atoms with E-state index in [1.165, 1.54) is 13.2 Å². The molecule has 1 fully saturated rings. The lowest BCUT2D eigenvalue weighted by atomic mass is 9.98. The van der Waals surface area contributed by atoms with Crippen LogP contribution in [0.5, 0.6) is 0 Å². The summed E-state index contributed by atoms with van der Waals surface area (Å²) in [7, 11) is 1.38. The summed E-state index contributed by atoms with van der Waals surface area (Å²) < 4.78 is 34.8. The zero-order chi connectivity index (χ0) is 28.3. The van der Waals surface area contributed by atoms with Crippen molar-refractivity contribution in [3.8, 4) is 0 Å². The molecule has 1 aliphatic heterocycles. The molecule has 9 heteroatoms. The molecule has 0 radical (unpaired) electrons. The minimum absolute atomic E-state index is 0.0381. The van der Waals surface area contributed by atoms with Gasteiger partial charge in [-0.2, -0.15) is 0 Å². The van der Waals surface area contributed by atoms with Crippen LogP contribution < -0.4 is 0 Å². The third kappa shape index (κ3) is 7.20. The fourth-order valence-corrected chi connectivity index (χ4v) is 4.19. The van der Waals surface area contributed by atoms with Crippen LogP contribution in [-0.2, 0) is 28.4 Å². The molecule has 0 N–H and O–H groups in total. The van der Waals surface area contributed by atoms with Crippen LogP contribution in [0.15, 0.2) is 104 Å². The van der Waals surface area contributed by atoms with Gasteiger partial charge in [-0.25, -0.2) is 14.4 Å². The molecule has 1 heterocycles. The number of hydrogen-bond acceptors (Lipinski definition) is 9. The van der Waals surface area contributed by atoms with Crippen molar-refractivity contribution >= 4 is 17.9 Å². The molecule has 5 atom stereocenters. The highest BCUT2D eigenvalue weighted by molar-refractivity contribution is 5.90. The summed E-state index contributed by atoms with van der Waals surface area (Å²) in [6.07, 6.45) is -4.00. The van der Waals surface area contributed by atoms with Gasteiger partial charge in [0.25, 0.3) is 0 Å². The van der Waals surface area contributed by atoms with E-state index in [4.69, 9.17) is 28.4 Å². The van der Waals surface area contributed by atoms with Crippen LogP contribution in [0.2, 0.25) is 0 Å². The minimum atomic E-state index is -1.16. The number of esters is 3. The molecule has 1 aliphatic rings. The van der Waals surface area contributed by atoms with Crippen molar-refractivity contribution in [3.05, 3.63) is 120 Å². The monoisotopic (exact) mass is 546 g/mol. The van der Waals surface area contributed by atoms with Crippen molar-refractivity contribution in [1.82, 2.24) is 0 Å². The van der Waals surface area contributed by atoms with E-state index in [9.17, 15) is 14.4 Å². The van der Waals surface area contributed by atoms with Gasteiger partial charge in [0.2, 0.25) is 0 Å². The van der Waals surface area contributed by atoms with Crippen LogP contribution >= 0.6 is 0 Å². The molecule has 3 aromatic carbocycles. The summed E-state index contributed by atoms with van der Waals surface area (Å²) >= 11 is 0. The van der Waals surface area contributed by atoms with E-state index >= 15 is 0 Å². The first-order valence-corrected chi connectivity index (χ1v) is 12.7. The molecule has 0 spiro atoms. The molecule has 0 amide bonds. The Morgan fingerprint density at radius 1 is 0.725 bits per heavy atom. The molecular weight excluding hydrogens is 516 g/mol. The first-order valence-electron chi connectivity index (χ1n) is 12.7. The fourth-order valence-electron chi connectivity index (χ4n) is 4.19. The number of carbonyl (C=O) groups is 3.